The Balaban J connectivity index is 1.49. The molecule has 8 nitrogen and oxygen atoms in total. The Hall–Kier alpha value is -1.98. The molecule has 2 aromatic rings. The summed E-state index contributed by atoms with van der Waals surface area (Å²) in [6.07, 6.45) is 1.99. The minimum absolute atomic E-state index is 0.114. The van der Waals surface area contributed by atoms with Crippen LogP contribution in [0.2, 0.25) is 0 Å². The van der Waals surface area contributed by atoms with Crippen LogP contribution in [0, 0.1) is 5.82 Å². The molecule has 1 N–H and O–H groups in total. The van der Waals surface area contributed by atoms with Crippen molar-refractivity contribution in [3.05, 3.63) is 42.0 Å². The van der Waals surface area contributed by atoms with Crippen LogP contribution in [0.15, 0.2) is 35.4 Å². The van der Waals surface area contributed by atoms with Gasteiger partial charge >= 0.3 is 0 Å². The van der Waals surface area contributed by atoms with Crippen molar-refractivity contribution in [2.75, 3.05) is 31.1 Å². The summed E-state index contributed by atoms with van der Waals surface area (Å²) in [4.78, 5) is 13.7. The summed E-state index contributed by atoms with van der Waals surface area (Å²) in [7, 11) is -3.90. The number of hydrogen-bond acceptors (Lipinski definition) is 6. The topological polar surface area (TPSA) is 97.2 Å². The van der Waals surface area contributed by atoms with E-state index in [4.69, 9.17) is 0 Å². The third kappa shape index (κ3) is 5.05. The number of rotatable bonds is 7. The van der Waals surface area contributed by atoms with E-state index in [1.54, 1.807) is 11.1 Å². The lowest BCUT2D eigenvalue weighted by atomic mass is 10.3. The molecule has 2 heterocycles. The number of aryl methyl sites for hydroxylation is 1. The van der Waals surface area contributed by atoms with Crippen molar-refractivity contribution in [1.29, 1.82) is 0 Å². The zero-order valence-corrected chi connectivity index (χ0v) is 16.2. The van der Waals surface area contributed by atoms with E-state index in [0.29, 0.717) is 26.1 Å². The maximum absolute atomic E-state index is 13.6. The zero-order chi connectivity index (χ0) is 19.3. The molecule has 1 fully saturated rings. The van der Waals surface area contributed by atoms with Crippen molar-refractivity contribution in [1.82, 2.24) is 24.6 Å². The standard InChI is InChI=1S/C16H20FN5O3S2/c17-13-4-1-2-5-15(13)27(24,25)18-6-3-7-22-12-14(19-20-22)16(23)21-8-10-26-11-9-21/h1-2,4-5,12,18H,3,6-11H2. The van der Waals surface area contributed by atoms with Crippen LogP contribution in [0.4, 0.5) is 4.39 Å². The lowest BCUT2D eigenvalue weighted by molar-refractivity contribution is 0.0766. The van der Waals surface area contributed by atoms with Crippen molar-refractivity contribution in [3.63, 3.8) is 0 Å². The number of carbonyl (C=O) groups excluding carboxylic acids is 1. The average molecular weight is 414 g/mol. The number of thioether (sulfide) groups is 1. The molecule has 0 unspecified atom stereocenters. The fourth-order valence-corrected chi connectivity index (χ4v) is 4.68. The molecule has 1 amide bonds. The lowest BCUT2D eigenvalue weighted by Gasteiger charge is -2.25. The van der Waals surface area contributed by atoms with Gasteiger partial charge in [-0.1, -0.05) is 17.3 Å². The minimum Gasteiger partial charge on any atom is -0.336 e. The highest BCUT2D eigenvalue weighted by Gasteiger charge is 2.21. The third-order valence-corrected chi connectivity index (χ3v) is 6.48. The molecule has 0 spiro atoms. The monoisotopic (exact) mass is 413 g/mol. The van der Waals surface area contributed by atoms with E-state index in [1.807, 2.05) is 11.8 Å². The molecule has 146 valence electrons. The molecule has 1 aromatic carbocycles. The van der Waals surface area contributed by atoms with Gasteiger partial charge in [-0.15, -0.1) is 5.10 Å². The van der Waals surface area contributed by atoms with Crippen LogP contribution >= 0.6 is 11.8 Å². The smallest absolute Gasteiger partial charge is 0.276 e. The van der Waals surface area contributed by atoms with Crippen molar-refractivity contribution >= 4 is 27.7 Å². The fourth-order valence-electron chi connectivity index (χ4n) is 2.62. The Morgan fingerprint density at radius 3 is 2.74 bits per heavy atom. The maximum atomic E-state index is 13.6. The highest BCUT2D eigenvalue weighted by atomic mass is 32.2. The van der Waals surface area contributed by atoms with E-state index in [2.05, 4.69) is 15.0 Å². The van der Waals surface area contributed by atoms with Crippen molar-refractivity contribution in [2.45, 2.75) is 17.9 Å². The van der Waals surface area contributed by atoms with Crippen LogP contribution in [0.1, 0.15) is 16.9 Å². The Kier molecular flexibility index (Phi) is 6.45. The van der Waals surface area contributed by atoms with Gasteiger partial charge in [0.1, 0.15) is 10.7 Å². The predicted molar refractivity (Wildman–Crippen MR) is 99.5 cm³/mol. The summed E-state index contributed by atoms with van der Waals surface area (Å²) < 4.78 is 41.7. The highest BCUT2D eigenvalue weighted by molar-refractivity contribution is 7.99. The Labute approximate surface area is 161 Å². The van der Waals surface area contributed by atoms with Crippen molar-refractivity contribution < 1.29 is 17.6 Å². The van der Waals surface area contributed by atoms with Crippen LogP contribution in [-0.2, 0) is 16.6 Å². The van der Waals surface area contributed by atoms with Crippen molar-refractivity contribution in [3.8, 4) is 0 Å². The second-order valence-electron chi connectivity index (χ2n) is 5.95. The Bertz CT molecular complexity index is 897. The number of halogens is 1. The quantitative estimate of drug-likeness (QED) is 0.680. The molecule has 0 aliphatic carbocycles. The van der Waals surface area contributed by atoms with Gasteiger partial charge in [0.15, 0.2) is 5.69 Å². The summed E-state index contributed by atoms with van der Waals surface area (Å²) in [6, 6.07) is 5.21. The largest absolute Gasteiger partial charge is 0.336 e. The van der Waals surface area contributed by atoms with E-state index >= 15 is 0 Å². The Morgan fingerprint density at radius 1 is 1.26 bits per heavy atom. The van der Waals surface area contributed by atoms with E-state index < -0.39 is 15.8 Å². The number of nitrogens with one attached hydrogen (secondary N) is 1. The van der Waals surface area contributed by atoms with Crippen LogP contribution in [-0.4, -0.2) is 65.4 Å². The minimum atomic E-state index is -3.90. The maximum Gasteiger partial charge on any atom is 0.276 e. The predicted octanol–water partition coefficient (Wildman–Crippen LogP) is 0.975. The summed E-state index contributed by atoms with van der Waals surface area (Å²) >= 11 is 1.82. The molecule has 3 rings (SSSR count). The highest BCUT2D eigenvalue weighted by Crippen LogP contribution is 2.13. The first-order valence-electron chi connectivity index (χ1n) is 8.49. The number of benzene rings is 1. The van der Waals surface area contributed by atoms with Crippen molar-refractivity contribution in [2.24, 2.45) is 0 Å². The van der Waals surface area contributed by atoms with Gasteiger partial charge in [-0.2, -0.15) is 11.8 Å². The molecule has 11 heteroatoms. The normalized spacial score (nSPS) is 15.1. The second-order valence-corrected chi connectivity index (χ2v) is 8.91. The first kappa shape index (κ1) is 19.8. The molecule has 1 aliphatic heterocycles. The molecule has 0 radical (unpaired) electrons. The first-order valence-corrected chi connectivity index (χ1v) is 11.1. The third-order valence-electron chi connectivity index (χ3n) is 4.04. The van der Waals surface area contributed by atoms with E-state index in [1.165, 1.54) is 22.9 Å². The summed E-state index contributed by atoms with van der Waals surface area (Å²) in [6.45, 7) is 1.90. The average Bonchev–Trinajstić information content (AvgIpc) is 3.14. The molecular formula is C16H20FN5O3S2. The number of hydrogen-bond donors (Lipinski definition) is 1. The van der Waals surface area contributed by atoms with E-state index in [0.717, 1.165) is 17.6 Å². The molecule has 0 bridgehead atoms. The lowest BCUT2D eigenvalue weighted by Crippen LogP contribution is -2.38. The first-order chi connectivity index (χ1) is 13.0. The van der Waals surface area contributed by atoms with Gasteiger partial charge in [0.25, 0.3) is 5.91 Å². The van der Waals surface area contributed by atoms with Gasteiger partial charge in [-0.25, -0.2) is 17.5 Å². The number of sulfonamides is 1. The number of aromatic nitrogens is 3. The van der Waals surface area contributed by atoms with E-state index in [-0.39, 0.29) is 23.0 Å². The van der Waals surface area contributed by atoms with Gasteiger partial charge in [0.05, 0.1) is 6.20 Å². The van der Waals surface area contributed by atoms with Crippen LogP contribution in [0.25, 0.3) is 0 Å². The fraction of sp³-hybridized carbons (Fsp3) is 0.438. The molecule has 27 heavy (non-hydrogen) atoms. The van der Waals surface area contributed by atoms with Gasteiger partial charge in [0, 0.05) is 37.7 Å². The number of nitrogens with zero attached hydrogens (tertiary/aromatic N) is 4. The summed E-state index contributed by atoms with van der Waals surface area (Å²) in [5.74, 6) is 0.909. The molecule has 1 aromatic heterocycles. The second kappa shape index (κ2) is 8.81. The Morgan fingerprint density at radius 2 is 2.00 bits per heavy atom. The van der Waals surface area contributed by atoms with E-state index in [9.17, 15) is 17.6 Å². The van der Waals surface area contributed by atoms with Crippen LogP contribution in [0.3, 0.4) is 0 Å². The molecule has 1 saturated heterocycles. The number of carbonyl (C=O) groups is 1. The van der Waals surface area contributed by atoms with Gasteiger partial charge < -0.3 is 4.90 Å². The molecular weight excluding hydrogens is 393 g/mol. The van der Waals surface area contributed by atoms with Crippen LogP contribution in [0.5, 0.6) is 0 Å². The molecule has 1 aliphatic rings. The van der Waals surface area contributed by atoms with Gasteiger partial charge in [-0.3, -0.25) is 9.48 Å². The summed E-state index contributed by atoms with van der Waals surface area (Å²) in [5, 5.41) is 7.82. The van der Waals surface area contributed by atoms with Gasteiger partial charge in [-0.05, 0) is 18.6 Å². The summed E-state index contributed by atoms with van der Waals surface area (Å²) in [5.41, 5.74) is 0.286. The SMILES string of the molecule is O=C(c1cn(CCCNS(=O)(=O)c2ccccc2F)nn1)N1CCSCC1. The van der Waals surface area contributed by atoms with Gasteiger partial charge in [0.2, 0.25) is 10.0 Å². The zero-order valence-electron chi connectivity index (χ0n) is 14.5. The number of amides is 1. The molecule has 0 saturated carbocycles. The van der Waals surface area contributed by atoms with Crippen LogP contribution < -0.4 is 4.72 Å². The molecule has 0 atom stereocenters.